The quantitative estimate of drug-likeness (QED) is 0.0455. The van der Waals surface area contributed by atoms with Crippen LogP contribution >= 0.6 is 0 Å². The van der Waals surface area contributed by atoms with Gasteiger partial charge in [0.05, 0.1) is 75.0 Å². The number of ether oxygens (including phenoxy) is 10. The lowest BCUT2D eigenvalue weighted by Gasteiger charge is -2.23. The maximum Gasteiger partial charge on any atom is 0.311 e. The fraction of sp³-hybridized carbons (Fsp3) is 0.192. The highest BCUT2D eigenvalue weighted by atomic mass is 32.2. The lowest BCUT2D eigenvalue weighted by Crippen LogP contribution is -2.22. The number of hydrogen-bond acceptors (Lipinski definition) is 17. The van der Waals surface area contributed by atoms with Gasteiger partial charge in [0.1, 0.15) is 46.7 Å². The van der Waals surface area contributed by atoms with E-state index in [0.717, 1.165) is 0 Å². The zero-order valence-corrected chi connectivity index (χ0v) is 40.4. The molecule has 370 valence electrons. The van der Waals surface area contributed by atoms with Crippen LogP contribution in [0.2, 0.25) is 0 Å². The Balaban J connectivity index is 1.09. The highest BCUT2D eigenvalue weighted by molar-refractivity contribution is 7.85. The van der Waals surface area contributed by atoms with Crippen LogP contribution in [0, 0.1) is 20.2 Å². The normalized spacial score (nSPS) is 12.2. The number of nitrogens with zero attached hydrogens (tertiary/aromatic N) is 4. The molecule has 0 bridgehead atoms. The number of fused-ring (bicyclic) bond motifs is 2. The SMILES string of the molecule is COc1cc2nccc(Oc3ccc(C(CS(=O)CC(Oc4ccc([N+](=O)[O-])c(OC)c4)c4ccc(Oc5ccnc6cc(OC)c(OC)cc56)cc4)Oc4ccc([N+](=O)[O-])c(OC)c4)cc3)c2cc1OC. The van der Waals surface area contributed by atoms with Crippen LogP contribution in [0.4, 0.5) is 11.4 Å². The van der Waals surface area contributed by atoms with Gasteiger partial charge in [0.2, 0.25) is 11.5 Å². The first-order valence-electron chi connectivity index (χ1n) is 21.8. The highest BCUT2D eigenvalue weighted by Gasteiger charge is 2.26. The van der Waals surface area contributed by atoms with Crippen molar-refractivity contribution in [3.63, 3.8) is 0 Å². The molecule has 0 spiro atoms. The molecule has 0 fully saturated rings. The van der Waals surface area contributed by atoms with Gasteiger partial charge in [-0.2, -0.15) is 0 Å². The largest absolute Gasteiger partial charge is 0.493 e. The predicted octanol–water partition coefficient (Wildman–Crippen LogP) is 10.9. The molecule has 0 saturated heterocycles. The number of nitro benzene ring substituents is 2. The summed E-state index contributed by atoms with van der Waals surface area (Å²) < 4.78 is 72.8. The summed E-state index contributed by atoms with van der Waals surface area (Å²) in [6, 6.07) is 32.7. The van der Waals surface area contributed by atoms with Gasteiger partial charge >= 0.3 is 11.4 Å². The summed E-state index contributed by atoms with van der Waals surface area (Å²) in [6.07, 6.45) is 1.45. The van der Waals surface area contributed by atoms with Crippen LogP contribution in [0.5, 0.6) is 69.0 Å². The fourth-order valence-electron chi connectivity index (χ4n) is 7.72. The third kappa shape index (κ3) is 11.1. The van der Waals surface area contributed by atoms with Gasteiger partial charge in [0, 0.05) is 70.4 Å². The van der Waals surface area contributed by atoms with Gasteiger partial charge in [-0.15, -0.1) is 0 Å². The summed E-state index contributed by atoms with van der Waals surface area (Å²) >= 11 is 0. The summed E-state index contributed by atoms with van der Waals surface area (Å²) in [6.45, 7) is 0. The molecular weight excluding hydrogens is 953 g/mol. The second-order valence-corrected chi connectivity index (χ2v) is 17.1. The molecule has 8 aromatic rings. The zero-order valence-electron chi connectivity index (χ0n) is 39.6. The van der Waals surface area contributed by atoms with Crippen LogP contribution < -0.4 is 47.4 Å². The fourth-order valence-corrected chi connectivity index (χ4v) is 9.06. The van der Waals surface area contributed by atoms with Crippen molar-refractivity contribution < 1.29 is 61.4 Å². The minimum absolute atomic E-state index is 0.0311. The molecule has 0 amide bonds. The van der Waals surface area contributed by atoms with Crippen molar-refractivity contribution in [2.24, 2.45) is 0 Å². The van der Waals surface area contributed by atoms with Gasteiger partial charge in [0.25, 0.3) is 0 Å². The third-order valence-corrected chi connectivity index (χ3v) is 12.6. The lowest BCUT2D eigenvalue weighted by atomic mass is 10.1. The smallest absolute Gasteiger partial charge is 0.311 e. The first-order chi connectivity index (χ1) is 34.9. The van der Waals surface area contributed by atoms with E-state index in [4.69, 9.17) is 47.4 Å². The second kappa shape index (κ2) is 22.2. The lowest BCUT2D eigenvalue weighted by molar-refractivity contribution is -0.385. The van der Waals surface area contributed by atoms with Gasteiger partial charge in [0.15, 0.2) is 23.0 Å². The average molecular weight is 999 g/mol. The molecule has 2 unspecified atom stereocenters. The van der Waals surface area contributed by atoms with Crippen molar-refractivity contribution in [3.8, 4) is 69.0 Å². The average Bonchev–Trinajstić information content (AvgIpc) is 3.40. The van der Waals surface area contributed by atoms with Crippen LogP contribution in [-0.2, 0) is 10.8 Å². The maximum absolute atomic E-state index is 14.6. The van der Waals surface area contributed by atoms with Crippen LogP contribution in [-0.4, -0.2) is 78.2 Å². The number of pyridine rings is 2. The van der Waals surface area contributed by atoms with Gasteiger partial charge in [-0.1, -0.05) is 24.3 Å². The molecule has 0 N–H and O–H groups in total. The van der Waals surface area contributed by atoms with E-state index >= 15 is 0 Å². The molecule has 6 aromatic carbocycles. The summed E-state index contributed by atoms with van der Waals surface area (Å²) in [5.41, 5.74) is 1.91. The number of methoxy groups -OCH3 is 6. The Labute approximate surface area is 414 Å². The van der Waals surface area contributed by atoms with Gasteiger partial charge in [-0.05, 0) is 71.8 Å². The van der Waals surface area contributed by atoms with E-state index in [9.17, 15) is 24.4 Å². The topological polar surface area (TPSA) is 221 Å². The maximum atomic E-state index is 14.6. The van der Waals surface area contributed by atoms with Crippen molar-refractivity contribution in [3.05, 3.63) is 165 Å². The molecule has 0 saturated carbocycles. The molecule has 72 heavy (non-hydrogen) atoms. The first-order valence-corrected chi connectivity index (χ1v) is 23.3. The Bertz CT molecular complexity index is 3070. The molecule has 2 heterocycles. The number of aromatic nitrogens is 2. The van der Waals surface area contributed by atoms with E-state index < -0.39 is 32.9 Å². The van der Waals surface area contributed by atoms with Crippen LogP contribution in [0.3, 0.4) is 0 Å². The number of benzene rings is 6. The molecular formula is C52H46N4O15S. The molecule has 2 atom stereocenters. The molecule has 20 heteroatoms. The minimum atomic E-state index is -1.73. The van der Waals surface area contributed by atoms with Crippen LogP contribution in [0.1, 0.15) is 23.3 Å². The second-order valence-electron chi connectivity index (χ2n) is 15.6. The van der Waals surface area contributed by atoms with Crippen molar-refractivity contribution >= 4 is 44.0 Å². The van der Waals surface area contributed by atoms with Gasteiger partial charge < -0.3 is 47.4 Å². The van der Waals surface area contributed by atoms with Crippen molar-refractivity contribution in [1.29, 1.82) is 0 Å². The first kappa shape index (κ1) is 49.5. The predicted molar refractivity (Wildman–Crippen MR) is 267 cm³/mol. The Morgan fingerprint density at radius 2 is 0.792 bits per heavy atom. The van der Waals surface area contributed by atoms with E-state index in [2.05, 4.69) is 9.97 Å². The number of hydrogen-bond donors (Lipinski definition) is 0. The van der Waals surface area contributed by atoms with E-state index in [1.807, 2.05) is 0 Å². The Hall–Kier alpha value is -8.91. The van der Waals surface area contributed by atoms with E-state index in [1.165, 1.54) is 64.8 Å². The van der Waals surface area contributed by atoms with Crippen LogP contribution in [0.15, 0.2) is 134 Å². The van der Waals surface area contributed by atoms with Gasteiger partial charge in [-0.3, -0.25) is 34.4 Å². The van der Waals surface area contributed by atoms with Crippen molar-refractivity contribution in [1.82, 2.24) is 9.97 Å². The van der Waals surface area contributed by atoms with Gasteiger partial charge in [-0.25, -0.2) is 0 Å². The highest BCUT2D eigenvalue weighted by Crippen LogP contribution is 2.41. The molecule has 0 aliphatic carbocycles. The van der Waals surface area contributed by atoms with E-state index in [1.54, 1.807) is 112 Å². The van der Waals surface area contributed by atoms with Crippen LogP contribution in [0.25, 0.3) is 21.8 Å². The molecule has 8 rings (SSSR count). The Morgan fingerprint density at radius 1 is 0.444 bits per heavy atom. The molecule has 0 radical (unpaired) electrons. The molecule has 2 aromatic heterocycles. The summed E-state index contributed by atoms with van der Waals surface area (Å²) in [4.78, 5) is 31.3. The number of rotatable bonds is 22. The Morgan fingerprint density at radius 3 is 1.14 bits per heavy atom. The van der Waals surface area contributed by atoms with Crippen molar-refractivity contribution in [2.45, 2.75) is 12.2 Å². The molecule has 0 aliphatic heterocycles. The Kier molecular flexibility index (Phi) is 15.3. The van der Waals surface area contributed by atoms with E-state index in [-0.39, 0.29) is 45.9 Å². The monoisotopic (exact) mass is 998 g/mol. The summed E-state index contributed by atoms with van der Waals surface area (Å²) in [5.74, 6) is 4.15. The zero-order chi connectivity index (χ0) is 50.9. The van der Waals surface area contributed by atoms with E-state index in [0.29, 0.717) is 78.9 Å². The summed E-state index contributed by atoms with van der Waals surface area (Å²) in [7, 11) is 7.05. The number of nitro groups is 2. The third-order valence-electron chi connectivity index (χ3n) is 11.3. The molecule has 0 aliphatic rings. The van der Waals surface area contributed by atoms with Crippen molar-refractivity contribution in [2.75, 3.05) is 54.2 Å². The summed E-state index contributed by atoms with van der Waals surface area (Å²) in [5, 5.41) is 24.9. The molecule has 19 nitrogen and oxygen atoms in total. The minimum Gasteiger partial charge on any atom is -0.493 e. The standard InChI is InChI=1S/C52H46N4O15S/c1-62-45-23-35(15-17-41(45)55(57)58)70-51(31-7-11-33(12-8-31)68-43-19-21-53-39-27-49(66-5)47(64-3)25-37(39)43)29-72(61)30-52(71-36-16-18-42(56(59)60)46(24-36)63-2)32-9-13-34(14-10-32)69-44-20-22-54-40-28-50(67-6)48(65-4)26-38(40)44/h7-28,51-52H,29-30H2,1-6H3.